The summed E-state index contributed by atoms with van der Waals surface area (Å²) in [6.45, 7) is 0. The molecule has 1 aromatic heterocycles. The molecule has 5 aromatic rings. The minimum Gasteiger partial charge on any atom is -0.203 e. The molecule has 0 aliphatic heterocycles. The van der Waals surface area contributed by atoms with E-state index in [1.807, 2.05) is 0 Å². The molecular formula is C28F20S3. The van der Waals surface area contributed by atoms with Crippen molar-refractivity contribution in [2.45, 2.75) is 19.6 Å². The van der Waals surface area contributed by atoms with Crippen LogP contribution in [0.15, 0.2) is 19.6 Å². The fourth-order valence-corrected chi connectivity index (χ4v) is 8.02. The van der Waals surface area contributed by atoms with E-state index in [1.165, 1.54) is 0 Å². The molecule has 0 spiro atoms. The highest BCUT2D eigenvalue weighted by Crippen LogP contribution is 2.57. The zero-order valence-corrected chi connectivity index (χ0v) is 25.2. The smallest absolute Gasteiger partial charge is 0.200 e. The van der Waals surface area contributed by atoms with E-state index in [2.05, 4.69) is 0 Å². The Kier molecular flexibility index (Phi) is 10.1. The average molecular weight is 812 g/mol. The summed E-state index contributed by atoms with van der Waals surface area (Å²) in [5.74, 6) is -57.3. The SMILES string of the molecule is Fc1c(F)c(F)c(Sc2c(-c3c(F)c(F)c(F)c(F)c3F)sc(-c3c(F)c(F)c(F)c(F)c3F)c2Sc2c(F)c(F)c(F)c(F)c2F)c(F)c1F. The summed E-state index contributed by atoms with van der Waals surface area (Å²) in [5, 5.41) is 0. The van der Waals surface area contributed by atoms with Crippen LogP contribution in [0.3, 0.4) is 0 Å². The van der Waals surface area contributed by atoms with Crippen molar-refractivity contribution in [2.24, 2.45) is 0 Å². The summed E-state index contributed by atoms with van der Waals surface area (Å²) in [5.41, 5.74) is -4.62. The molecule has 0 bridgehead atoms. The first-order valence-electron chi connectivity index (χ1n) is 12.3. The summed E-state index contributed by atoms with van der Waals surface area (Å²) in [6, 6.07) is 0. The topological polar surface area (TPSA) is 0 Å². The maximum Gasteiger partial charge on any atom is 0.200 e. The molecule has 5 rings (SSSR count). The molecule has 0 aliphatic rings. The van der Waals surface area contributed by atoms with Gasteiger partial charge in [-0.2, -0.15) is 0 Å². The molecule has 0 N–H and O–H groups in total. The highest BCUT2D eigenvalue weighted by atomic mass is 32.2. The quantitative estimate of drug-likeness (QED) is 0.0952. The lowest BCUT2D eigenvalue weighted by Gasteiger charge is -2.14. The van der Waals surface area contributed by atoms with E-state index in [0.717, 1.165) is 0 Å². The largest absolute Gasteiger partial charge is 0.203 e. The van der Waals surface area contributed by atoms with Crippen LogP contribution in [0.5, 0.6) is 0 Å². The Morgan fingerprint density at radius 3 is 0.608 bits per heavy atom. The second-order valence-corrected chi connectivity index (χ2v) is 12.4. The number of thiophene rings is 1. The molecule has 23 heteroatoms. The van der Waals surface area contributed by atoms with E-state index in [1.54, 1.807) is 0 Å². The van der Waals surface area contributed by atoms with Gasteiger partial charge in [-0.25, -0.2) is 87.8 Å². The molecule has 0 saturated heterocycles. The molecule has 0 fully saturated rings. The van der Waals surface area contributed by atoms with Gasteiger partial charge in [0.1, 0.15) is 0 Å². The Morgan fingerprint density at radius 2 is 0.392 bits per heavy atom. The molecule has 1 heterocycles. The van der Waals surface area contributed by atoms with Crippen LogP contribution in [0.4, 0.5) is 87.8 Å². The van der Waals surface area contributed by atoms with Gasteiger partial charge in [-0.1, -0.05) is 23.5 Å². The first-order valence-corrected chi connectivity index (χ1v) is 14.7. The molecule has 0 amide bonds. The van der Waals surface area contributed by atoms with Gasteiger partial charge in [0.2, 0.25) is 23.3 Å². The summed E-state index contributed by atoms with van der Waals surface area (Å²) < 4.78 is 289. The highest BCUT2D eigenvalue weighted by molar-refractivity contribution is 8.02. The Balaban J connectivity index is 2.05. The van der Waals surface area contributed by atoms with Gasteiger partial charge in [0.15, 0.2) is 93.1 Å². The first kappa shape index (κ1) is 38.1. The van der Waals surface area contributed by atoms with E-state index < -0.39 is 192 Å². The molecule has 0 atom stereocenters. The van der Waals surface area contributed by atoms with Crippen LogP contribution in [0, 0.1) is 116 Å². The Hall–Kier alpha value is -4.12. The van der Waals surface area contributed by atoms with Gasteiger partial charge in [-0.05, 0) is 0 Å². The number of halogens is 20. The van der Waals surface area contributed by atoms with Crippen LogP contribution in [-0.2, 0) is 0 Å². The Labute approximate surface area is 279 Å². The van der Waals surface area contributed by atoms with Crippen molar-refractivity contribution in [1.29, 1.82) is 0 Å². The number of rotatable bonds is 6. The minimum absolute atomic E-state index is 0.846. The third-order valence-corrected chi connectivity index (χ3v) is 10.4. The fraction of sp³-hybridized carbons (Fsp3) is 0. The third kappa shape index (κ3) is 5.76. The van der Waals surface area contributed by atoms with Crippen molar-refractivity contribution in [3.8, 4) is 20.9 Å². The molecule has 0 saturated carbocycles. The third-order valence-electron chi connectivity index (χ3n) is 6.44. The molecule has 0 nitrogen and oxygen atoms in total. The predicted molar refractivity (Wildman–Crippen MR) is 135 cm³/mol. The molecule has 270 valence electrons. The molecular weight excluding hydrogens is 812 g/mol. The number of benzene rings is 4. The lowest BCUT2D eigenvalue weighted by molar-refractivity contribution is 0.360. The summed E-state index contributed by atoms with van der Waals surface area (Å²) in [4.78, 5) is -11.7. The van der Waals surface area contributed by atoms with E-state index in [-0.39, 0.29) is 0 Å². The molecule has 0 radical (unpaired) electrons. The van der Waals surface area contributed by atoms with Crippen LogP contribution in [-0.4, -0.2) is 0 Å². The van der Waals surface area contributed by atoms with Gasteiger partial charge in [0.05, 0.1) is 30.7 Å². The van der Waals surface area contributed by atoms with E-state index >= 15 is 17.6 Å². The molecule has 51 heavy (non-hydrogen) atoms. The highest BCUT2D eigenvalue weighted by Gasteiger charge is 2.38. The van der Waals surface area contributed by atoms with E-state index in [9.17, 15) is 70.2 Å². The van der Waals surface area contributed by atoms with Gasteiger partial charge in [-0.15, -0.1) is 11.3 Å². The fourth-order valence-electron chi connectivity index (χ4n) is 4.08. The standard InChI is InChI=1S/C28F20S3/c29-3-1(4(30)8(34)11(37)7(3)33)23-27(50-25-19(45)15(41)13(39)16(42)20(25)46)28(51-26-21(47)17(43)14(40)18(44)22(26)48)24(49-23)2-5(31)9(35)12(38)10(36)6(2)32. The number of hydrogen-bond donors (Lipinski definition) is 0. The molecule has 4 aromatic carbocycles. The minimum atomic E-state index is -2.93. The summed E-state index contributed by atoms with van der Waals surface area (Å²) >= 11 is -2.95. The van der Waals surface area contributed by atoms with Crippen LogP contribution in [0.2, 0.25) is 0 Å². The maximum atomic E-state index is 15.1. The van der Waals surface area contributed by atoms with Crippen LogP contribution < -0.4 is 0 Å². The van der Waals surface area contributed by atoms with Gasteiger partial charge in [-0.3, -0.25) is 0 Å². The first-order chi connectivity index (χ1) is 23.7. The zero-order chi connectivity index (χ0) is 38.3. The van der Waals surface area contributed by atoms with Crippen molar-refractivity contribution in [3.05, 3.63) is 116 Å². The second kappa shape index (κ2) is 13.5. The molecule has 0 unspecified atom stereocenters. The van der Waals surface area contributed by atoms with Crippen molar-refractivity contribution < 1.29 is 87.8 Å². The summed E-state index contributed by atoms with van der Waals surface area (Å²) in [6.07, 6.45) is 0. The van der Waals surface area contributed by atoms with Crippen LogP contribution in [0.25, 0.3) is 20.9 Å². The normalized spacial score (nSPS) is 11.7. The van der Waals surface area contributed by atoms with Crippen molar-refractivity contribution >= 4 is 34.9 Å². The van der Waals surface area contributed by atoms with Crippen molar-refractivity contribution in [2.75, 3.05) is 0 Å². The monoisotopic (exact) mass is 812 g/mol. The zero-order valence-electron chi connectivity index (χ0n) is 22.8. The van der Waals surface area contributed by atoms with Gasteiger partial charge >= 0.3 is 0 Å². The second-order valence-electron chi connectivity index (χ2n) is 9.31. The number of hydrogen-bond acceptors (Lipinski definition) is 3. The van der Waals surface area contributed by atoms with E-state index in [0.29, 0.717) is 0 Å². The Morgan fingerprint density at radius 1 is 0.216 bits per heavy atom. The summed E-state index contributed by atoms with van der Waals surface area (Å²) in [7, 11) is 0. The molecule has 0 aliphatic carbocycles. The Bertz CT molecular complexity index is 2060. The average Bonchev–Trinajstić information content (AvgIpc) is 3.44. The van der Waals surface area contributed by atoms with E-state index in [4.69, 9.17) is 0 Å². The maximum absolute atomic E-state index is 15.1. The van der Waals surface area contributed by atoms with Crippen LogP contribution in [0.1, 0.15) is 0 Å². The van der Waals surface area contributed by atoms with Crippen LogP contribution >= 0.6 is 34.9 Å². The van der Waals surface area contributed by atoms with Gasteiger partial charge < -0.3 is 0 Å². The van der Waals surface area contributed by atoms with Crippen molar-refractivity contribution in [1.82, 2.24) is 0 Å². The van der Waals surface area contributed by atoms with Gasteiger partial charge in [0.25, 0.3) is 0 Å². The predicted octanol–water partition coefficient (Wildman–Crippen LogP) is 12.2. The van der Waals surface area contributed by atoms with Gasteiger partial charge in [0, 0.05) is 9.79 Å². The lowest BCUT2D eigenvalue weighted by Crippen LogP contribution is -2.05. The van der Waals surface area contributed by atoms with Crippen molar-refractivity contribution in [3.63, 3.8) is 0 Å². The lowest BCUT2D eigenvalue weighted by atomic mass is 10.1.